The average molecular weight is 269 g/mol. The Balaban J connectivity index is 2.71. The van der Waals surface area contributed by atoms with Crippen molar-refractivity contribution in [1.29, 1.82) is 0 Å². The smallest absolute Gasteiger partial charge is 0.0766 e. The lowest BCUT2D eigenvalue weighted by atomic mass is 9.92. The largest absolute Gasteiger partial charge is 0.391 e. The summed E-state index contributed by atoms with van der Waals surface area (Å²) >= 11 is 1.83. The summed E-state index contributed by atoms with van der Waals surface area (Å²) in [7, 11) is 0. The second-order valence-corrected chi connectivity index (χ2v) is 6.52. The van der Waals surface area contributed by atoms with Crippen molar-refractivity contribution in [3.8, 4) is 0 Å². The molecule has 1 atom stereocenters. The van der Waals surface area contributed by atoms with Crippen LogP contribution in [0.5, 0.6) is 0 Å². The minimum Gasteiger partial charge on any atom is -0.391 e. The van der Waals surface area contributed by atoms with Crippen molar-refractivity contribution in [2.24, 2.45) is 0 Å². The molecule has 0 spiro atoms. The van der Waals surface area contributed by atoms with E-state index in [2.05, 4.69) is 51.7 Å². The van der Waals surface area contributed by atoms with Gasteiger partial charge in [-0.1, -0.05) is 20.8 Å². The van der Waals surface area contributed by atoms with Gasteiger partial charge < -0.3 is 5.11 Å². The Labute approximate surface area is 116 Å². The Morgan fingerprint density at radius 1 is 1.17 bits per heavy atom. The molecule has 0 aromatic carbocycles. The highest BCUT2D eigenvalue weighted by Crippen LogP contribution is 2.25. The molecule has 0 saturated heterocycles. The molecule has 0 bridgehead atoms. The van der Waals surface area contributed by atoms with Crippen LogP contribution in [0.15, 0.2) is 12.1 Å². The number of hydrogen-bond acceptors (Lipinski definition) is 3. The monoisotopic (exact) mass is 269 g/mol. The molecule has 0 amide bonds. The number of aliphatic hydroxyl groups is 1. The number of rotatable bonds is 7. The van der Waals surface area contributed by atoms with Crippen LogP contribution in [0.3, 0.4) is 0 Å². The molecule has 18 heavy (non-hydrogen) atoms. The van der Waals surface area contributed by atoms with Crippen LogP contribution in [0.4, 0.5) is 0 Å². The van der Waals surface area contributed by atoms with Gasteiger partial charge in [0.2, 0.25) is 0 Å². The van der Waals surface area contributed by atoms with Crippen molar-refractivity contribution >= 4 is 11.3 Å². The van der Waals surface area contributed by atoms with E-state index in [-0.39, 0.29) is 11.6 Å². The highest BCUT2D eigenvalue weighted by molar-refractivity contribution is 7.11. The first-order valence-electron chi connectivity index (χ1n) is 6.96. The first kappa shape index (κ1) is 15.7. The number of thiophene rings is 1. The van der Waals surface area contributed by atoms with Gasteiger partial charge in [0.1, 0.15) is 0 Å². The fourth-order valence-corrected chi connectivity index (χ4v) is 3.41. The van der Waals surface area contributed by atoms with E-state index in [0.717, 1.165) is 25.9 Å². The van der Waals surface area contributed by atoms with Crippen LogP contribution in [0.1, 0.15) is 44.4 Å². The zero-order valence-corrected chi connectivity index (χ0v) is 13.2. The van der Waals surface area contributed by atoms with E-state index in [1.807, 2.05) is 11.3 Å². The lowest BCUT2D eigenvalue weighted by Gasteiger charge is -2.41. The number of nitrogens with zero attached hydrogens (tertiary/aromatic N) is 1. The lowest BCUT2D eigenvalue weighted by Crippen LogP contribution is -2.53. The third kappa shape index (κ3) is 3.56. The molecule has 0 radical (unpaired) electrons. The van der Waals surface area contributed by atoms with E-state index in [0.29, 0.717) is 0 Å². The van der Waals surface area contributed by atoms with Gasteiger partial charge in [0.25, 0.3) is 0 Å². The highest BCUT2D eigenvalue weighted by Gasteiger charge is 2.32. The Morgan fingerprint density at radius 3 is 2.17 bits per heavy atom. The molecule has 0 aliphatic heterocycles. The molecule has 0 aliphatic carbocycles. The summed E-state index contributed by atoms with van der Waals surface area (Å²) in [5, 5.41) is 10.5. The second kappa shape index (κ2) is 6.69. The van der Waals surface area contributed by atoms with Crippen LogP contribution < -0.4 is 0 Å². The maximum absolute atomic E-state index is 10.5. The van der Waals surface area contributed by atoms with Crippen molar-refractivity contribution in [1.82, 2.24) is 4.90 Å². The quantitative estimate of drug-likeness (QED) is 0.820. The summed E-state index contributed by atoms with van der Waals surface area (Å²) in [6.45, 7) is 12.7. The minimum absolute atomic E-state index is 0.167. The summed E-state index contributed by atoms with van der Waals surface area (Å²) in [5.74, 6) is 0. The molecule has 2 nitrogen and oxygen atoms in total. The molecule has 1 aromatic rings. The number of hydrogen-bond donors (Lipinski definition) is 1. The average Bonchev–Trinajstić information content (AvgIpc) is 2.78. The van der Waals surface area contributed by atoms with E-state index in [9.17, 15) is 5.11 Å². The van der Waals surface area contributed by atoms with E-state index in [1.54, 1.807) is 0 Å². The Bertz CT molecular complexity index is 355. The first-order chi connectivity index (χ1) is 8.45. The van der Waals surface area contributed by atoms with Crippen LogP contribution in [-0.4, -0.2) is 34.7 Å². The molecule has 0 aliphatic rings. The predicted octanol–water partition coefficient (Wildman–Crippen LogP) is 3.33. The lowest BCUT2D eigenvalue weighted by molar-refractivity contribution is -0.00373. The third-order valence-corrected chi connectivity index (χ3v) is 5.11. The Morgan fingerprint density at radius 2 is 1.72 bits per heavy atom. The van der Waals surface area contributed by atoms with E-state index < -0.39 is 0 Å². The van der Waals surface area contributed by atoms with E-state index in [4.69, 9.17) is 0 Å². The second-order valence-electron chi connectivity index (χ2n) is 5.27. The third-order valence-electron chi connectivity index (χ3n) is 3.85. The zero-order valence-electron chi connectivity index (χ0n) is 12.4. The number of likely N-dealkylation sites (N-methyl/N-ethyl adjacent to an activating group) is 1. The molecule has 0 fully saturated rings. The molecular weight excluding hydrogens is 242 g/mol. The molecule has 1 aromatic heterocycles. The highest BCUT2D eigenvalue weighted by atomic mass is 32.1. The van der Waals surface area contributed by atoms with Crippen molar-refractivity contribution in [3.05, 3.63) is 21.9 Å². The fourth-order valence-electron chi connectivity index (χ4n) is 2.41. The summed E-state index contributed by atoms with van der Waals surface area (Å²) in [6.07, 6.45) is 1.52. The van der Waals surface area contributed by atoms with Gasteiger partial charge in [0, 0.05) is 21.7 Å². The molecule has 1 heterocycles. The normalized spacial score (nSPS) is 14.2. The van der Waals surface area contributed by atoms with Gasteiger partial charge in [-0.2, -0.15) is 0 Å². The van der Waals surface area contributed by atoms with E-state index >= 15 is 0 Å². The number of aryl methyl sites for hydroxylation is 1. The van der Waals surface area contributed by atoms with Crippen LogP contribution in [0.2, 0.25) is 0 Å². The van der Waals surface area contributed by atoms with Crippen LogP contribution >= 0.6 is 11.3 Å². The fraction of sp³-hybridized carbons (Fsp3) is 0.733. The molecule has 1 unspecified atom stereocenters. The molecule has 1 rings (SSSR count). The van der Waals surface area contributed by atoms with Crippen molar-refractivity contribution < 1.29 is 5.11 Å². The Kier molecular flexibility index (Phi) is 5.83. The molecular formula is C15H27NOS. The van der Waals surface area contributed by atoms with Gasteiger partial charge in [0.15, 0.2) is 0 Å². The summed E-state index contributed by atoms with van der Waals surface area (Å²) in [5.41, 5.74) is -0.167. The van der Waals surface area contributed by atoms with Crippen LogP contribution in [0.25, 0.3) is 0 Å². The van der Waals surface area contributed by atoms with Gasteiger partial charge in [0.05, 0.1) is 6.10 Å². The molecule has 3 heteroatoms. The number of aliphatic hydroxyl groups excluding tert-OH is 1. The Hall–Kier alpha value is -0.380. The molecule has 104 valence electrons. The molecule has 1 N–H and O–H groups in total. The standard InChI is InChI=1S/C15H27NOS/c1-6-12-9-10-13(18-12)11-14(17)15(4,5)16(7-2)8-3/h9-10,14,17H,6-8,11H2,1-5H3. The van der Waals surface area contributed by atoms with Gasteiger partial charge in [-0.05, 0) is 45.5 Å². The first-order valence-corrected chi connectivity index (χ1v) is 7.78. The van der Waals surface area contributed by atoms with Gasteiger partial charge in [-0.15, -0.1) is 11.3 Å². The van der Waals surface area contributed by atoms with Crippen molar-refractivity contribution in [2.75, 3.05) is 13.1 Å². The maximum Gasteiger partial charge on any atom is 0.0766 e. The van der Waals surface area contributed by atoms with Gasteiger partial charge >= 0.3 is 0 Å². The zero-order chi connectivity index (χ0) is 13.8. The van der Waals surface area contributed by atoms with Crippen LogP contribution in [0, 0.1) is 0 Å². The van der Waals surface area contributed by atoms with Gasteiger partial charge in [-0.3, -0.25) is 4.90 Å². The van der Waals surface area contributed by atoms with Crippen molar-refractivity contribution in [2.45, 2.75) is 59.1 Å². The molecule has 0 saturated carbocycles. The summed E-state index contributed by atoms with van der Waals surface area (Å²) in [6, 6.07) is 4.34. The topological polar surface area (TPSA) is 23.5 Å². The summed E-state index contributed by atoms with van der Waals surface area (Å²) in [4.78, 5) is 5.02. The van der Waals surface area contributed by atoms with E-state index in [1.165, 1.54) is 9.75 Å². The SMILES string of the molecule is CCc1ccc(CC(O)C(C)(C)N(CC)CC)s1. The van der Waals surface area contributed by atoms with Gasteiger partial charge in [-0.25, -0.2) is 0 Å². The predicted molar refractivity (Wildman–Crippen MR) is 80.4 cm³/mol. The maximum atomic E-state index is 10.5. The van der Waals surface area contributed by atoms with Crippen molar-refractivity contribution in [3.63, 3.8) is 0 Å². The summed E-state index contributed by atoms with van der Waals surface area (Å²) < 4.78 is 0. The van der Waals surface area contributed by atoms with Crippen LogP contribution in [-0.2, 0) is 12.8 Å². The minimum atomic E-state index is -0.319.